The molecule has 0 spiro atoms. The van der Waals surface area contributed by atoms with Gasteiger partial charge in [0.25, 0.3) is 5.91 Å². The van der Waals surface area contributed by atoms with E-state index in [9.17, 15) is 19.5 Å². The van der Waals surface area contributed by atoms with Gasteiger partial charge in [0.2, 0.25) is 0 Å². The fourth-order valence-corrected chi connectivity index (χ4v) is 4.00. The second-order valence-electron chi connectivity index (χ2n) is 5.33. The van der Waals surface area contributed by atoms with Gasteiger partial charge in [0, 0.05) is 17.0 Å². The van der Waals surface area contributed by atoms with Crippen molar-refractivity contribution in [2.45, 2.75) is 32.7 Å². The highest BCUT2D eigenvalue weighted by Gasteiger charge is 2.43. The smallest absolute Gasteiger partial charge is 0.330 e. The molecule has 1 unspecified atom stereocenters. The van der Waals surface area contributed by atoms with Crippen LogP contribution in [0.2, 0.25) is 0 Å². The van der Waals surface area contributed by atoms with E-state index in [1.807, 2.05) is 0 Å². The van der Waals surface area contributed by atoms with Crippen molar-refractivity contribution < 1.29 is 19.5 Å². The second kappa shape index (κ2) is 5.55. The average Bonchev–Trinajstić information content (AvgIpc) is 2.95. The van der Waals surface area contributed by atoms with E-state index in [1.165, 1.54) is 18.7 Å². The number of aromatic nitrogens is 1. The molecule has 1 fully saturated rings. The van der Waals surface area contributed by atoms with Crippen LogP contribution in [0, 0.1) is 13.8 Å². The first-order valence-electron chi connectivity index (χ1n) is 6.62. The summed E-state index contributed by atoms with van der Waals surface area (Å²) in [5.74, 6) is -0.563. The highest BCUT2D eigenvalue weighted by Crippen LogP contribution is 2.29. The maximum Gasteiger partial charge on any atom is 0.330 e. The predicted molar refractivity (Wildman–Crippen MR) is 80.0 cm³/mol. The van der Waals surface area contributed by atoms with Crippen LogP contribution in [0.15, 0.2) is 0 Å². The van der Waals surface area contributed by atoms with Crippen LogP contribution in [0.3, 0.4) is 0 Å². The Labute approximate surface area is 126 Å². The quantitative estimate of drug-likeness (QED) is 0.732. The van der Waals surface area contributed by atoms with Crippen LogP contribution >= 0.6 is 11.8 Å². The summed E-state index contributed by atoms with van der Waals surface area (Å²) in [5.41, 5.74) is 0.711. The van der Waals surface area contributed by atoms with Crippen LogP contribution in [0.5, 0.6) is 0 Å². The largest absolute Gasteiger partial charge is 0.479 e. The molecule has 6 nitrogen and oxygen atoms in total. The first-order chi connectivity index (χ1) is 9.78. The topological polar surface area (TPSA) is 99.3 Å². The summed E-state index contributed by atoms with van der Waals surface area (Å²) in [5, 5.41) is 12.0. The van der Waals surface area contributed by atoms with Gasteiger partial charge in [-0.15, -0.1) is 0 Å². The summed E-state index contributed by atoms with van der Waals surface area (Å²) in [6.45, 7) is 4.85. The van der Waals surface area contributed by atoms with Crippen LogP contribution in [0.1, 0.15) is 45.4 Å². The van der Waals surface area contributed by atoms with Gasteiger partial charge in [0.05, 0.1) is 0 Å². The van der Waals surface area contributed by atoms with Crippen molar-refractivity contribution >= 4 is 29.4 Å². The molecule has 1 atom stereocenters. The monoisotopic (exact) mass is 310 g/mol. The zero-order valence-corrected chi connectivity index (χ0v) is 13.0. The van der Waals surface area contributed by atoms with Crippen molar-refractivity contribution in [1.29, 1.82) is 0 Å². The normalized spacial score (nSPS) is 21.3. The summed E-state index contributed by atoms with van der Waals surface area (Å²) in [7, 11) is 0. The number of Topliss-reactive ketones (excluding diaryl/α,β-unsaturated/α-hetero) is 1. The standard InChI is InChI=1S/C14H18N2O4S/c1-7-10(9(3)17)8(2)15-11(7)12(18)16-14(13(19)20)4-5-21-6-14/h15H,4-6H2,1-3H3,(H,16,18)(H,19,20). The van der Waals surface area contributed by atoms with Crippen molar-refractivity contribution in [2.24, 2.45) is 0 Å². The molecule has 1 amide bonds. The van der Waals surface area contributed by atoms with Crippen LogP contribution < -0.4 is 5.32 Å². The fraction of sp³-hybridized carbons (Fsp3) is 0.500. The molecule has 2 rings (SSSR count). The van der Waals surface area contributed by atoms with E-state index >= 15 is 0 Å². The molecule has 0 aromatic carbocycles. The van der Waals surface area contributed by atoms with Crippen molar-refractivity contribution in [2.75, 3.05) is 11.5 Å². The maximum absolute atomic E-state index is 12.4. The van der Waals surface area contributed by atoms with E-state index in [1.54, 1.807) is 13.8 Å². The van der Waals surface area contributed by atoms with Crippen LogP contribution in [-0.4, -0.2) is 44.8 Å². The number of aliphatic carboxylic acids is 1. The number of thioether (sulfide) groups is 1. The van der Waals surface area contributed by atoms with E-state index in [0.717, 1.165) is 0 Å². The van der Waals surface area contributed by atoms with Gasteiger partial charge < -0.3 is 15.4 Å². The zero-order valence-electron chi connectivity index (χ0n) is 12.2. The molecule has 114 valence electrons. The molecular weight excluding hydrogens is 292 g/mol. The number of amides is 1. The number of rotatable bonds is 4. The minimum absolute atomic E-state index is 0.121. The molecule has 7 heteroatoms. The van der Waals surface area contributed by atoms with Gasteiger partial charge in [-0.05, 0) is 38.5 Å². The third-order valence-electron chi connectivity index (χ3n) is 3.80. The van der Waals surface area contributed by atoms with Crippen LogP contribution in [0.25, 0.3) is 0 Å². The van der Waals surface area contributed by atoms with Crippen LogP contribution in [0.4, 0.5) is 0 Å². The summed E-state index contributed by atoms with van der Waals surface area (Å²) in [6.07, 6.45) is 0.400. The third-order valence-corrected chi connectivity index (χ3v) is 4.99. The lowest BCUT2D eigenvalue weighted by atomic mass is 9.98. The highest BCUT2D eigenvalue weighted by molar-refractivity contribution is 7.99. The molecule has 0 saturated carbocycles. The lowest BCUT2D eigenvalue weighted by Gasteiger charge is -2.24. The second-order valence-corrected chi connectivity index (χ2v) is 6.43. The predicted octanol–water partition coefficient (Wildman–Crippen LogP) is 1.52. The maximum atomic E-state index is 12.4. The van der Waals surface area contributed by atoms with Gasteiger partial charge in [-0.2, -0.15) is 11.8 Å². The summed E-state index contributed by atoms with van der Waals surface area (Å²) < 4.78 is 0. The lowest BCUT2D eigenvalue weighted by Crippen LogP contribution is -2.54. The van der Waals surface area contributed by atoms with E-state index < -0.39 is 17.4 Å². The number of aryl methyl sites for hydroxylation is 1. The number of hydrogen-bond donors (Lipinski definition) is 3. The number of hydrogen-bond acceptors (Lipinski definition) is 4. The van der Waals surface area contributed by atoms with Crippen LogP contribution in [-0.2, 0) is 4.79 Å². The van der Waals surface area contributed by atoms with Gasteiger partial charge in [-0.3, -0.25) is 9.59 Å². The van der Waals surface area contributed by atoms with Crippen molar-refractivity contribution in [3.63, 3.8) is 0 Å². The molecule has 0 radical (unpaired) electrons. The number of H-pyrrole nitrogens is 1. The molecule has 21 heavy (non-hydrogen) atoms. The molecule has 1 saturated heterocycles. The summed E-state index contributed by atoms with van der Waals surface area (Å²) in [6, 6.07) is 0. The molecule has 0 aliphatic carbocycles. The molecule has 0 bridgehead atoms. The number of ketones is 1. The van der Waals surface area contributed by atoms with E-state index in [4.69, 9.17) is 0 Å². The zero-order chi connectivity index (χ0) is 15.8. The molecule has 1 aromatic rings. The number of carboxylic acids is 1. The Balaban J connectivity index is 2.31. The Morgan fingerprint density at radius 2 is 2.00 bits per heavy atom. The molecule has 1 aliphatic heterocycles. The van der Waals surface area contributed by atoms with E-state index in [0.29, 0.717) is 34.7 Å². The van der Waals surface area contributed by atoms with Gasteiger partial charge in [-0.25, -0.2) is 4.79 Å². The summed E-state index contributed by atoms with van der Waals surface area (Å²) >= 11 is 1.50. The van der Waals surface area contributed by atoms with E-state index in [2.05, 4.69) is 10.3 Å². The SMILES string of the molecule is CC(=O)c1c(C)[nH]c(C(=O)NC2(C(=O)O)CCSC2)c1C. The molecular formula is C14H18N2O4S. The van der Waals surface area contributed by atoms with Crippen molar-refractivity contribution in [1.82, 2.24) is 10.3 Å². The highest BCUT2D eigenvalue weighted by atomic mass is 32.2. The van der Waals surface area contributed by atoms with Gasteiger partial charge in [0.1, 0.15) is 11.2 Å². The van der Waals surface area contributed by atoms with Gasteiger partial charge >= 0.3 is 5.97 Å². The Morgan fingerprint density at radius 3 is 2.43 bits per heavy atom. The molecule has 1 aromatic heterocycles. The molecule has 2 heterocycles. The minimum Gasteiger partial charge on any atom is -0.479 e. The van der Waals surface area contributed by atoms with E-state index in [-0.39, 0.29) is 11.5 Å². The molecule has 3 N–H and O–H groups in total. The minimum atomic E-state index is -1.22. The third kappa shape index (κ3) is 2.70. The van der Waals surface area contributed by atoms with Crippen molar-refractivity contribution in [3.8, 4) is 0 Å². The van der Waals surface area contributed by atoms with Gasteiger partial charge in [-0.1, -0.05) is 0 Å². The average molecular weight is 310 g/mol. The Bertz CT molecular complexity index is 615. The Kier molecular flexibility index (Phi) is 4.13. The van der Waals surface area contributed by atoms with Crippen molar-refractivity contribution in [3.05, 3.63) is 22.5 Å². The number of carboxylic acid groups (broad SMARTS) is 1. The number of carbonyl (C=O) groups excluding carboxylic acids is 2. The number of nitrogens with one attached hydrogen (secondary N) is 2. The van der Waals surface area contributed by atoms with Gasteiger partial charge in [0.15, 0.2) is 5.78 Å². The first kappa shape index (κ1) is 15.6. The number of aromatic amines is 1. The Morgan fingerprint density at radius 1 is 1.33 bits per heavy atom. The number of carbonyl (C=O) groups is 3. The first-order valence-corrected chi connectivity index (χ1v) is 7.78. The molecule has 1 aliphatic rings. The Hall–Kier alpha value is -1.76. The lowest BCUT2D eigenvalue weighted by molar-refractivity contribution is -0.143. The summed E-state index contributed by atoms with van der Waals surface area (Å²) in [4.78, 5) is 38.3. The fourth-order valence-electron chi connectivity index (χ4n) is 2.67.